The summed E-state index contributed by atoms with van der Waals surface area (Å²) in [6.45, 7) is 1.81. The maximum Gasteiger partial charge on any atom is 0.328 e. The Balaban J connectivity index is 2.49. The molecule has 1 heterocycles. The molecule has 0 aliphatic carbocycles. The van der Waals surface area contributed by atoms with Gasteiger partial charge in [-0.3, -0.25) is 0 Å². The summed E-state index contributed by atoms with van der Waals surface area (Å²) in [6.07, 6.45) is 1.93. The lowest BCUT2D eigenvalue weighted by Crippen LogP contribution is -2.52. The highest BCUT2D eigenvalue weighted by atomic mass is 16.5. The quantitative estimate of drug-likeness (QED) is 0.720. The summed E-state index contributed by atoms with van der Waals surface area (Å²) in [7, 11) is 3.04. The van der Waals surface area contributed by atoms with Crippen molar-refractivity contribution >= 4 is 12.0 Å². The van der Waals surface area contributed by atoms with Crippen LogP contribution in [-0.4, -0.2) is 68.6 Å². The predicted octanol–water partition coefficient (Wildman–Crippen LogP) is 0.154. The number of aliphatic carboxylic acids is 1. The molecule has 0 saturated carbocycles. The van der Waals surface area contributed by atoms with Crippen LogP contribution in [0.5, 0.6) is 0 Å². The first kappa shape index (κ1) is 15.7. The maximum absolute atomic E-state index is 12.0. The Morgan fingerprint density at radius 2 is 2.16 bits per heavy atom. The number of hydrogen-bond donors (Lipinski definition) is 2. The van der Waals surface area contributed by atoms with E-state index in [0.29, 0.717) is 25.6 Å². The van der Waals surface area contributed by atoms with Crippen molar-refractivity contribution in [1.29, 1.82) is 0 Å². The number of carbonyl (C=O) groups excluding carboxylic acids is 1. The summed E-state index contributed by atoms with van der Waals surface area (Å²) < 4.78 is 9.87. The minimum atomic E-state index is -1.10. The molecule has 7 nitrogen and oxygen atoms in total. The first-order chi connectivity index (χ1) is 9.08. The number of piperidine rings is 1. The third-order valence-corrected chi connectivity index (χ3v) is 3.14. The van der Waals surface area contributed by atoms with Gasteiger partial charge < -0.3 is 24.8 Å². The van der Waals surface area contributed by atoms with Gasteiger partial charge in [-0.25, -0.2) is 9.59 Å². The zero-order chi connectivity index (χ0) is 14.3. The molecule has 0 aromatic carbocycles. The number of urea groups is 1. The van der Waals surface area contributed by atoms with Gasteiger partial charge in [0.1, 0.15) is 0 Å². The summed E-state index contributed by atoms with van der Waals surface area (Å²) in [5.41, 5.74) is 0. The smallest absolute Gasteiger partial charge is 0.328 e. The number of ether oxygens (including phenoxy) is 2. The van der Waals surface area contributed by atoms with Crippen LogP contribution in [0.2, 0.25) is 0 Å². The highest BCUT2D eigenvalue weighted by Gasteiger charge is 2.27. The van der Waals surface area contributed by atoms with Crippen LogP contribution in [-0.2, 0) is 14.3 Å². The molecule has 1 fully saturated rings. The Kier molecular flexibility index (Phi) is 6.58. The van der Waals surface area contributed by atoms with E-state index in [-0.39, 0.29) is 12.6 Å². The van der Waals surface area contributed by atoms with Crippen LogP contribution in [0.15, 0.2) is 0 Å². The third-order valence-electron chi connectivity index (χ3n) is 3.14. The van der Waals surface area contributed by atoms with Crippen molar-refractivity contribution in [2.45, 2.75) is 18.9 Å². The molecule has 0 radical (unpaired) electrons. The Bertz CT molecular complexity index is 308. The zero-order valence-corrected chi connectivity index (χ0v) is 11.4. The molecule has 0 bridgehead atoms. The van der Waals surface area contributed by atoms with E-state index < -0.39 is 12.0 Å². The zero-order valence-electron chi connectivity index (χ0n) is 11.4. The monoisotopic (exact) mass is 274 g/mol. The molecule has 0 aromatic rings. The molecule has 19 heavy (non-hydrogen) atoms. The minimum absolute atomic E-state index is 0.0452. The van der Waals surface area contributed by atoms with Gasteiger partial charge >= 0.3 is 12.0 Å². The Morgan fingerprint density at radius 3 is 2.74 bits per heavy atom. The van der Waals surface area contributed by atoms with Gasteiger partial charge in [0.15, 0.2) is 6.04 Å². The molecule has 0 spiro atoms. The SMILES string of the molecule is COCC1CCCN(C(=O)NC(COC)C(=O)O)C1. The van der Waals surface area contributed by atoms with Crippen LogP contribution in [0.25, 0.3) is 0 Å². The average molecular weight is 274 g/mol. The van der Waals surface area contributed by atoms with Crippen LogP contribution in [0.1, 0.15) is 12.8 Å². The molecular formula is C12H22N2O5. The second-order valence-corrected chi connectivity index (χ2v) is 4.71. The van der Waals surface area contributed by atoms with E-state index >= 15 is 0 Å². The lowest BCUT2D eigenvalue weighted by Gasteiger charge is -2.33. The number of methoxy groups -OCH3 is 2. The molecular weight excluding hydrogens is 252 g/mol. The molecule has 2 N–H and O–H groups in total. The molecule has 2 amide bonds. The largest absolute Gasteiger partial charge is 0.480 e. The Labute approximate surface area is 112 Å². The van der Waals surface area contributed by atoms with Gasteiger partial charge in [-0.2, -0.15) is 0 Å². The summed E-state index contributed by atoms with van der Waals surface area (Å²) in [6, 6.07) is -1.37. The molecule has 110 valence electrons. The summed E-state index contributed by atoms with van der Waals surface area (Å²) in [4.78, 5) is 24.6. The van der Waals surface area contributed by atoms with E-state index in [4.69, 9.17) is 14.6 Å². The van der Waals surface area contributed by atoms with Crippen LogP contribution in [0, 0.1) is 5.92 Å². The lowest BCUT2D eigenvalue weighted by molar-refractivity contribution is -0.140. The topological polar surface area (TPSA) is 88.1 Å². The van der Waals surface area contributed by atoms with E-state index in [1.807, 2.05) is 0 Å². The van der Waals surface area contributed by atoms with Crippen molar-refractivity contribution < 1.29 is 24.2 Å². The van der Waals surface area contributed by atoms with Crippen LogP contribution in [0.3, 0.4) is 0 Å². The molecule has 1 saturated heterocycles. The number of nitrogens with zero attached hydrogens (tertiary/aromatic N) is 1. The molecule has 7 heteroatoms. The maximum atomic E-state index is 12.0. The van der Waals surface area contributed by atoms with Gasteiger partial charge in [0, 0.05) is 33.2 Å². The fraction of sp³-hybridized carbons (Fsp3) is 0.833. The molecule has 2 atom stereocenters. The number of carboxylic acid groups (broad SMARTS) is 1. The van der Waals surface area contributed by atoms with Gasteiger partial charge in [0.25, 0.3) is 0 Å². The van der Waals surface area contributed by atoms with Gasteiger partial charge in [-0.05, 0) is 12.8 Å². The summed E-state index contributed by atoms with van der Waals surface area (Å²) >= 11 is 0. The number of rotatable bonds is 6. The second kappa shape index (κ2) is 7.96. The van der Waals surface area contributed by atoms with Crippen molar-refractivity contribution in [3.63, 3.8) is 0 Å². The van der Waals surface area contributed by atoms with Gasteiger partial charge in [0.05, 0.1) is 13.2 Å². The number of hydrogen-bond acceptors (Lipinski definition) is 4. The van der Waals surface area contributed by atoms with E-state index in [2.05, 4.69) is 5.32 Å². The number of nitrogens with one attached hydrogen (secondary N) is 1. The molecule has 1 rings (SSSR count). The van der Waals surface area contributed by atoms with Crippen LogP contribution < -0.4 is 5.32 Å². The van der Waals surface area contributed by atoms with Crippen molar-refractivity contribution in [1.82, 2.24) is 10.2 Å². The molecule has 1 aliphatic heterocycles. The average Bonchev–Trinajstić information content (AvgIpc) is 2.38. The first-order valence-corrected chi connectivity index (χ1v) is 6.34. The highest BCUT2D eigenvalue weighted by molar-refractivity contribution is 5.82. The Morgan fingerprint density at radius 1 is 1.42 bits per heavy atom. The fourth-order valence-electron chi connectivity index (χ4n) is 2.20. The van der Waals surface area contributed by atoms with Gasteiger partial charge in [-0.1, -0.05) is 0 Å². The summed E-state index contributed by atoms with van der Waals surface area (Å²) in [5, 5.41) is 11.4. The standard InChI is InChI=1S/C12H22N2O5/c1-18-7-9-4-3-5-14(6-9)12(17)13-10(8-19-2)11(15)16/h9-10H,3-8H2,1-2H3,(H,13,17)(H,15,16). The van der Waals surface area contributed by atoms with Crippen molar-refractivity contribution in [3.05, 3.63) is 0 Å². The number of carbonyl (C=O) groups is 2. The van der Waals surface area contributed by atoms with Crippen LogP contribution >= 0.6 is 0 Å². The van der Waals surface area contributed by atoms with Gasteiger partial charge in [0.2, 0.25) is 0 Å². The third kappa shape index (κ3) is 5.04. The molecule has 1 aliphatic rings. The lowest BCUT2D eigenvalue weighted by atomic mass is 9.99. The molecule has 2 unspecified atom stereocenters. The number of likely N-dealkylation sites (tertiary alicyclic amines) is 1. The summed E-state index contributed by atoms with van der Waals surface area (Å²) in [5.74, 6) is -0.782. The normalized spacial score (nSPS) is 20.9. The molecule has 0 aromatic heterocycles. The van der Waals surface area contributed by atoms with Crippen molar-refractivity contribution in [2.24, 2.45) is 5.92 Å². The van der Waals surface area contributed by atoms with Crippen molar-refractivity contribution in [3.8, 4) is 0 Å². The first-order valence-electron chi connectivity index (χ1n) is 6.34. The van der Waals surface area contributed by atoms with E-state index in [0.717, 1.165) is 12.8 Å². The van der Waals surface area contributed by atoms with Crippen LogP contribution in [0.4, 0.5) is 4.79 Å². The van der Waals surface area contributed by atoms with E-state index in [9.17, 15) is 9.59 Å². The highest BCUT2D eigenvalue weighted by Crippen LogP contribution is 2.16. The minimum Gasteiger partial charge on any atom is -0.480 e. The number of carboxylic acids is 1. The Hall–Kier alpha value is -1.34. The van der Waals surface area contributed by atoms with Crippen molar-refractivity contribution in [2.75, 3.05) is 40.5 Å². The van der Waals surface area contributed by atoms with E-state index in [1.54, 1.807) is 12.0 Å². The fourth-order valence-corrected chi connectivity index (χ4v) is 2.20. The number of amides is 2. The predicted molar refractivity (Wildman–Crippen MR) is 68.0 cm³/mol. The van der Waals surface area contributed by atoms with Gasteiger partial charge in [-0.15, -0.1) is 0 Å². The van der Waals surface area contributed by atoms with E-state index in [1.165, 1.54) is 7.11 Å². The second-order valence-electron chi connectivity index (χ2n) is 4.71.